The molecule has 2 aromatic carbocycles. The number of benzene rings is 2. The van der Waals surface area contributed by atoms with E-state index in [0.717, 1.165) is 0 Å². The van der Waals surface area contributed by atoms with Gasteiger partial charge in [0.25, 0.3) is 10.0 Å². The van der Waals surface area contributed by atoms with E-state index in [9.17, 15) is 8.42 Å². The Bertz CT molecular complexity index is 1250. The van der Waals surface area contributed by atoms with E-state index in [1.54, 1.807) is 37.4 Å². The fourth-order valence-corrected chi connectivity index (χ4v) is 6.06. The van der Waals surface area contributed by atoms with Crippen molar-refractivity contribution in [1.82, 2.24) is 4.90 Å². The van der Waals surface area contributed by atoms with Crippen molar-refractivity contribution >= 4 is 50.3 Å². The van der Waals surface area contributed by atoms with Crippen LogP contribution in [0.1, 0.15) is 31.4 Å². The maximum absolute atomic E-state index is 13.3. The summed E-state index contributed by atoms with van der Waals surface area (Å²) in [6.07, 6.45) is -0.662. The minimum absolute atomic E-state index is 0.0801. The first-order valence-corrected chi connectivity index (χ1v) is 12.7. The van der Waals surface area contributed by atoms with Crippen LogP contribution in [0.15, 0.2) is 56.9 Å². The molecule has 0 aromatic heterocycles. The molecule has 2 aliphatic rings. The Morgan fingerprint density at radius 3 is 2.30 bits per heavy atom. The first kappa shape index (κ1) is 23.6. The van der Waals surface area contributed by atoms with Crippen LogP contribution in [0.25, 0.3) is 5.57 Å². The molecule has 10 heteroatoms. The topological polar surface area (TPSA) is 80.6 Å². The molecule has 0 radical (unpaired) electrons. The Morgan fingerprint density at radius 1 is 1.09 bits per heavy atom. The van der Waals surface area contributed by atoms with Gasteiger partial charge in [0.05, 0.1) is 22.9 Å². The third-order valence-electron chi connectivity index (χ3n) is 5.61. The van der Waals surface area contributed by atoms with Crippen LogP contribution in [0.5, 0.6) is 5.75 Å². The highest BCUT2D eigenvalue weighted by Crippen LogP contribution is 2.40. The molecule has 174 valence electrons. The van der Waals surface area contributed by atoms with Crippen molar-refractivity contribution in [2.75, 3.05) is 20.2 Å². The van der Waals surface area contributed by atoms with Crippen LogP contribution in [0.2, 0.25) is 10.0 Å². The molecule has 0 fully saturated rings. The van der Waals surface area contributed by atoms with Crippen molar-refractivity contribution in [2.24, 2.45) is 9.55 Å². The lowest BCUT2D eigenvalue weighted by atomic mass is 9.98. The maximum atomic E-state index is 13.3. The van der Waals surface area contributed by atoms with Crippen molar-refractivity contribution in [3.05, 3.63) is 68.5 Å². The Kier molecular flexibility index (Phi) is 6.70. The fraction of sp³-hybridized carbons (Fsp3) is 0.304. The molecular formula is C23H23Cl2N3O4S. The molecule has 2 aliphatic heterocycles. The van der Waals surface area contributed by atoms with Crippen LogP contribution in [0, 0.1) is 0 Å². The zero-order valence-electron chi connectivity index (χ0n) is 18.4. The molecule has 33 heavy (non-hydrogen) atoms. The molecule has 0 saturated heterocycles. The van der Waals surface area contributed by atoms with Crippen molar-refractivity contribution in [2.45, 2.75) is 26.4 Å². The third-order valence-corrected chi connectivity index (χ3v) is 7.67. The SMILES string of the molecule is CCN(CC)C1=NS(=O)(=O)C(C2CC(c3c(Cl)cccc3Cl)=NO2)=C1c1ccc(OC)cc1. The molecule has 0 bridgehead atoms. The summed E-state index contributed by atoms with van der Waals surface area (Å²) in [7, 11) is -2.42. The van der Waals surface area contributed by atoms with Crippen molar-refractivity contribution in [3.63, 3.8) is 0 Å². The molecular weight excluding hydrogens is 485 g/mol. The van der Waals surface area contributed by atoms with Crippen molar-refractivity contribution in [1.29, 1.82) is 0 Å². The summed E-state index contributed by atoms with van der Waals surface area (Å²) in [5.41, 5.74) is 2.23. The smallest absolute Gasteiger partial charge is 0.285 e. The number of sulfonamides is 1. The lowest BCUT2D eigenvalue weighted by Gasteiger charge is -2.23. The molecule has 1 unspecified atom stereocenters. The van der Waals surface area contributed by atoms with Gasteiger partial charge in [-0.25, -0.2) is 0 Å². The Morgan fingerprint density at radius 2 is 1.73 bits per heavy atom. The summed E-state index contributed by atoms with van der Waals surface area (Å²) in [5.74, 6) is 1.06. The Hall–Kier alpha value is -2.55. The number of rotatable bonds is 6. The number of likely N-dealkylation sites (N-methyl/N-ethyl adjacent to an activating group) is 1. The van der Waals surface area contributed by atoms with Gasteiger partial charge in [-0.05, 0) is 43.7 Å². The molecule has 4 rings (SSSR count). The van der Waals surface area contributed by atoms with E-state index in [-0.39, 0.29) is 11.3 Å². The minimum Gasteiger partial charge on any atom is -0.497 e. The fourth-order valence-electron chi connectivity index (χ4n) is 3.98. The van der Waals surface area contributed by atoms with Gasteiger partial charge < -0.3 is 14.5 Å². The second kappa shape index (κ2) is 9.37. The summed E-state index contributed by atoms with van der Waals surface area (Å²) >= 11 is 12.7. The standard InChI is InChI=1S/C23H23Cl2N3O4S/c1-4-28(5-2)23-20(14-9-11-15(31-3)12-10-14)22(33(29,30)27-23)19-13-18(26-32-19)21-16(24)7-6-8-17(21)25/h6-12,19H,4-5,13H2,1-3H3. The average molecular weight is 508 g/mol. The highest BCUT2D eigenvalue weighted by Gasteiger charge is 2.43. The van der Waals surface area contributed by atoms with E-state index in [0.29, 0.717) is 57.1 Å². The van der Waals surface area contributed by atoms with Gasteiger partial charge in [0.15, 0.2) is 11.9 Å². The molecule has 7 nitrogen and oxygen atoms in total. The Labute approximate surface area is 203 Å². The highest BCUT2D eigenvalue weighted by molar-refractivity contribution is 7.95. The largest absolute Gasteiger partial charge is 0.497 e. The van der Waals surface area contributed by atoms with E-state index in [2.05, 4.69) is 9.55 Å². The number of hydrogen-bond acceptors (Lipinski definition) is 6. The van der Waals surface area contributed by atoms with Crippen LogP contribution in [0.3, 0.4) is 0 Å². The Balaban J connectivity index is 1.81. The molecule has 0 saturated carbocycles. The molecule has 2 heterocycles. The number of hydrogen-bond donors (Lipinski definition) is 0. The first-order chi connectivity index (χ1) is 15.8. The van der Waals surface area contributed by atoms with Crippen LogP contribution in [-0.4, -0.2) is 51.2 Å². The normalized spacial score (nSPS) is 19.2. The molecule has 0 N–H and O–H groups in total. The molecule has 0 amide bonds. The highest BCUT2D eigenvalue weighted by atomic mass is 35.5. The molecule has 2 aromatic rings. The second-order valence-corrected chi connectivity index (χ2v) is 9.85. The van der Waals surface area contributed by atoms with Gasteiger partial charge >= 0.3 is 0 Å². The molecule has 1 atom stereocenters. The van der Waals surface area contributed by atoms with Gasteiger partial charge in [0.1, 0.15) is 10.7 Å². The van der Waals surface area contributed by atoms with Gasteiger partial charge in [-0.3, -0.25) is 0 Å². The number of halogens is 2. The first-order valence-electron chi connectivity index (χ1n) is 10.5. The molecule has 0 aliphatic carbocycles. The summed E-state index contributed by atoms with van der Waals surface area (Å²) in [6, 6.07) is 12.3. The number of amidine groups is 1. The van der Waals surface area contributed by atoms with Gasteiger partial charge in [0, 0.05) is 30.6 Å². The van der Waals surface area contributed by atoms with Gasteiger partial charge in [-0.15, -0.1) is 4.40 Å². The number of ether oxygens (including phenoxy) is 1. The zero-order chi connectivity index (χ0) is 23.8. The molecule has 0 spiro atoms. The maximum Gasteiger partial charge on any atom is 0.285 e. The second-order valence-electron chi connectivity index (χ2n) is 7.46. The van der Waals surface area contributed by atoms with Crippen LogP contribution < -0.4 is 4.74 Å². The lowest BCUT2D eigenvalue weighted by Crippen LogP contribution is -2.31. The van der Waals surface area contributed by atoms with Crippen LogP contribution >= 0.6 is 23.2 Å². The van der Waals surface area contributed by atoms with Gasteiger partial charge in [-0.2, -0.15) is 8.42 Å². The minimum atomic E-state index is -3.99. The van der Waals surface area contributed by atoms with E-state index in [4.69, 9.17) is 32.8 Å². The van der Waals surface area contributed by atoms with Crippen molar-refractivity contribution < 1.29 is 18.0 Å². The van der Waals surface area contributed by atoms with E-state index >= 15 is 0 Å². The predicted octanol–water partition coefficient (Wildman–Crippen LogP) is 4.99. The third kappa shape index (κ3) is 4.35. The lowest BCUT2D eigenvalue weighted by molar-refractivity contribution is 0.117. The van der Waals surface area contributed by atoms with E-state index < -0.39 is 16.1 Å². The van der Waals surface area contributed by atoms with E-state index in [1.165, 1.54) is 0 Å². The van der Waals surface area contributed by atoms with Gasteiger partial charge in [0.2, 0.25) is 0 Å². The predicted molar refractivity (Wildman–Crippen MR) is 132 cm³/mol. The van der Waals surface area contributed by atoms with Gasteiger partial charge in [-0.1, -0.05) is 46.6 Å². The summed E-state index contributed by atoms with van der Waals surface area (Å²) < 4.78 is 36.0. The summed E-state index contributed by atoms with van der Waals surface area (Å²) in [4.78, 5) is 7.65. The number of oxime groups is 1. The quantitative estimate of drug-likeness (QED) is 0.549. The summed E-state index contributed by atoms with van der Waals surface area (Å²) in [6.45, 7) is 5.10. The number of nitrogens with zero attached hydrogens (tertiary/aromatic N) is 3. The van der Waals surface area contributed by atoms with Crippen LogP contribution in [0.4, 0.5) is 0 Å². The zero-order valence-corrected chi connectivity index (χ0v) is 20.7. The average Bonchev–Trinajstić information content (AvgIpc) is 3.36. The van der Waals surface area contributed by atoms with E-state index in [1.807, 2.05) is 30.9 Å². The number of methoxy groups -OCH3 is 1. The summed E-state index contributed by atoms with van der Waals surface area (Å²) in [5, 5.41) is 4.99. The van der Waals surface area contributed by atoms with Crippen molar-refractivity contribution in [3.8, 4) is 5.75 Å². The monoisotopic (exact) mass is 507 g/mol. The van der Waals surface area contributed by atoms with Crippen LogP contribution in [-0.2, 0) is 14.9 Å².